The Balaban J connectivity index is 2.05. The van der Waals surface area contributed by atoms with Gasteiger partial charge in [-0.15, -0.1) is 0 Å². The first-order chi connectivity index (χ1) is 10.4. The summed E-state index contributed by atoms with van der Waals surface area (Å²) in [6.07, 6.45) is 0. The normalized spacial score (nSPS) is 9.91. The molecule has 0 saturated carbocycles. The summed E-state index contributed by atoms with van der Waals surface area (Å²) in [5.74, 6) is -0.0606. The van der Waals surface area contributed by atoms with Crippen LogP contribution in [0.4, 0.5) is 21.9 Å². The molecule has 0 aliphatic heterocycles. The molecule has 0 fully saturated rings. The Kier molecular flexibility index (Phi) is 4.63. The number of nitrogens with two attached hydrogens (primary N) is 1. The molecule has 0 bridgehead atoms. The zero-order valence-electron chi connectivity index (χ0n) is 12.3. The summed E-state index contributed by atoms with van der Waals surface area (Å²) in [4.78, 5) is 22.9. The third-order valence-corrected chi connectivity index (χ3v) is 2.81. The number of aryl methyl sites for hydroxylation is 1. The predicted molar refractivity (Wildman–Crippen MR) is 86.0 cm³/mol. The molecule has 6 heteroatoms. The third kappa shape index (κ3) is 4.24. The molecule has 0 atom stereocenters. The summed E-state index contributed by atoms with van der Waals surface area (Å²) >= 11 is 0. The minimum Gasteiger partial charge on any atom is -0.427 e. The molecule has 114 valence electrons. The number of nitrogens with one attached hydrogen (secondary N) is 2. The summed E-state index contributed by atoms with van der Waals surface area (Å²) in [5.41, 5.74) is 8.32. The van der Waals surface area contributed by atoms with Gasteiger partial charge in [0.1, 0.15) is 5.75 Å². The van der Waals surface area contributed by atoms with Crippen molar-refractivity contribution in [3.05, 3.63) is 48.0 Å². The van der Waals surface area contributed by atoms with Gasteiger partial charge >= 0.3 is 12.0 Å². The van der Waals surface area contributed by atoms with Gasteiger partial charge in [-0.3, -0.25) is 4.79 Å². The standard InChI is InChI=1S/C16H17N3O3/c1-10-6-7-14(17)15(8-10)19-16(21)18-12-4-3-5-13(9-12)22-11(2)20/h3-9H,17H2,1-2H3,(H2,18,19,21). The molecular formula is C16H17N3O3. The monoisotopic (exact) mass is 299 g/mol. The average molecular weight is 299 g/mol. The highest BCUT2D eigenvalue weighted by molar-refractivity contribution is 6.01. The first-order valence-electron chi connectivity index (χ1n) is 6.66. The fourth-order valence-corrected chi connectivity index (χ4v) is 1.87. The molecule has 2 aromatic carbocycles. The first-order valence-corrected chi connectivity index (χ1v) is 6.66. The Hall–Kier alpha value is -3.02. The third-order valence-electron chi connectivity index (χ3n) is 2.81. The predicted octanol–water partition coefficient (Wildman–Crippen LogP) is 3.15. The summed E-state index contributed by atoms with van der Waals surface area (Å²) in [7, 11) is 0. The van der Waals surface area contributed by atoms with Crippen molar-refractivity contribution < 1.29 is 14.3 Å². The van der Waals surface area contributed by atoms with Crippen molar-refractivity contribution in [3.8, 4) is 5.75 Å². The highest BCUT2D eigenvalue weighted by Gasteiger charge is 2.07. The molecule has 0 aliphatic carbocycles. The van der Waals surface area contributed by atoms with Crippen LogP contribution in [0.2, 0.25) is 0 Å². The molecule has 4 N–H and O–H groups in total. The van der Waals surface area contributed by atoms with E-state index >= 15 is 0 Å². The lowest BCUT2D eigenvalue weighted by molar-refractivity contribution is -0.131. The number of carbonyl (C=O) groups excluding carboxylic acids is 2. The maximum Gasteiger partial charge on any atom is 0.323 e. The van der Waals surface area contributed by atoms with E-state index in [1.54, 1.807) is 36.4 Å². The molecule has 0 aliphatic rings. The van der Waals surface area contributed by atoms with Crippen LogP contribution in [-0.2, 0) is 4.79 Å². The van der Waals surface area contributed by atoms with E-state index in [-0.39, 0.29) is 0 Å². The molecule has 0 radical (unpaired) electrons. The van der Waals surface area contributed by atoms with Gasteiger partial charge in [-0.25, -0.2) is 4.79 Å². The fraction of sp³-hybridized carbons (Fsp3) is 0.125. The Morgan fingerprint density at radius 2 is 1.86 bits per heavy atom. The second-order valence-electron chi connectivity index (χ2n) is 4.79. The van der Waals surface area contributed by atoms with Crippen LogP contribution in [-0.4, -0.2) is 12.0 Å². The SMILES string of the molecule is CC(=O)Oc1cccc(NC(=O)Nc2cc(C)ccc2N)c1. The number of ether oxygens (including phenoxy) is 1. The van der Waals surface area contributed by atoms with Crippen LogP contribution in [0.3, 0.4) is 0 Å². The van der Waals surface area contributed by atoms with Gasteiger partial charge in [0.05, 0.1) is 11.4 Å². The van der Waals surface area contributed by atoms with Gasteiger partial charge in [0.15, 0.2) is 0 Å². The molecule has 0 saturated heterocycles. The maximum atomic E-state index is 12.0. The number of benzene rings is 2. The van der Waals surface area contributed by atoms with Crippen LogP contribution in [0, 0.1) is 6.92 Å². The second-order valence-corrected chi connectivity index (χ2v) is 4.79. The van der Waals surface area contributed by atoms with Crippen LogP contribution in [0.15, 0.2) is 42.5 Å². The zero-order valence-corrected chi connectivity index (χ0v) is 12.3. The van der Waals surface area contributed by atoms with Crippen molar-refractivity contribution in [1.82, 2.24) is 0 Å². The lowest BCUT2D eigenvalue weighted by Crippen LogP contribution is -2.20. The fourth-order valence-electron chi connectivity index (χ4n) is 1.87. The summed E-state index contributed by atoms with van der Waals surface area (Å²) < 4.78 is 4.96. The van der Waals surface area contributed by atoms with Crippen molar-refractivity contribution in [2.75, 3.05) is 16.4 Å². The maximum absolute atomic E-state index is 12.0. The first kappa shape index (κ1) is 15.4. The molecule has 0 heterocycles. The molecular weight excluding hydrogens is 282 g/mol. The van der Waals surface area contributed by atoms with E-state index in [9.17, 15) is 9.59 Å². The quantitative estimate of drug-likeness (QED) is 0.461. The molecule has 2 aromatic rings. The van der Waals surface area contributed by atoms with Crippen molar-refractivity contribution in [2.24, 2.45) is 0 Å². The van der Waals surface area contributed by atoms with E-state index in [2.05, 4.69) is 10.6 Å². The molecule has 2 amide bonds. The molecule has 22 heavy (non-hydrogen) atoms. The van der Waals surface area contributed by atoms with Crippen molar-refractivity contribution in [1.29, 1.82) is 0 Å². The van der Waals surface area contributed by atoms with Gasteiger partial charge in [0.2, 0.25) is 0 Å². The number of carbonyl (C=O) groups is 2. The second kappa shape index (κ2) is 6.62. The van der Waals surface area contributed by atoms with Crippen LogP contribution >= 0.6 is 0 Å². The summed E-state index contributed by atoms with van der Waals surface area (Å²) in [6.45, 7) is 3.22. The van der Waals surface area contributed by atoms with E-state index in [1.807, 2.05) is 13.0 Å². The van der Waals surface area contributed by atoms with Gasteiger partial charge in [0.25, 0.3) is 0 Å². The molecule has 0 aromatic heterocycles. The van der Waals surface area contributed by atoms with Gasteiger partial charge in [-0.1, -0.05) is 12.1 Å². The number of anilines is 3. The topological polar surface area (TPSA) is 93.4 Å². The smallest absolute Gasteiger partial charge is 0.323 e. The van der Waals surface area contributed by atoms with Crippen molar-refractivity contribution in [3.63, 3.8) is 0 Å². The van der Waals surface area contributed by atoms with Crippen molar-refractivity contribution in [2.45, 2.75) is 13.8 Å². The molecule has 0 unspecified atom stereocenters. The van der Waals surface area contributed by atoms with Crippen LogP contribution in [0.25, 0.3) is 0 Å². The number of urea groups is 1. The summed E-state index contributed by atoms with van der Waals surface area (Å²) in [5, 5.41) is 5.33. The number of rotatable bonds is 3. The number of hydrogen-bond acceptors (Lipinski definition) is 4. The average Bonchev–Trinajstić information content (AvgIpc) is 2.42. The van der Waals surface area contributed by atoms with E-state index in [0.29, 0.717) is 22.8 Å². The molecule has 2 rings (SSSR count). The Bertz CT molecular complexity index is 714. The summed E-state index contributed by atoms with van der Waals surface area (Å²) in [6, 6.07) is 11.5. The molecule has 0 spiro atoms. The number of nitrogen functional groups attached to an aromatic ring is 1. The minimum atomic E-state index is -0.433. The Morgan fingerprint density at radius 3 is 2.59 bits per heavy atom. The van der Waals surface area contributed by atoms with E-state index in [4.69, 9.17) is 10.5 Å². The van der Waals surface area contributed by atoms with Crippen molar-refractivity contribution >= 4 is 29.1 Å². The highest BCUT2D eigenvalue weighted by Crippen LogP contribution is 2.21. The lowest BCUT2D eigenvalue weighted by Gasteiger charge is -2.11. The van der Waals surface area contributed by atoms with Gasteiger partial charge in [-0.2, -0.15) is 0 Å². The Labute approximate surface area is 128 Å². The van der Waals surface area contributed by atoms with Crippen LogP contribution in [0.1, 0.15) is 12.5 Å². The molecule has 6 nitrogen and oxygen atoms in total. The van der Waals surface area contributed by atoms with Gasteiger partial charge in [0, 0.05) is 18.7 Å². The number of hydrogen-bond donors (Lipinski definition) is 3. The van der Waals surface area contributed by atoms with Crippen LogP contribution < -0.4 is 21.1 Å². The minimum absolute atomic E-state index is 0.361. The lowest BCUT2D eigenvalue weighted by atomic mass is 10.2. The zero-order chi connectivity index (χ0) is 16.1. The van der Waals surface area contributed by atoms with Gasteiger partial charge < -0.3 is 21.1 Å². The van der Waals surface area contributed by atoms with Gasteiger partial charge in [-0.05, 0) is 36.8 Å². The van der Waals surface area contributed by atoms with E-state index < -0.39 is 12.0 Å². The van der Waals surface area contributed by atoms with E-state index in [1.165, 1.54) is 6.92 Å². The van der Waals surface area contributed by atoms with Crippen LogP contribution in [0.5, 0.6) is 5.75 Å². The largest absolute Gasteiger partial charge is 0.427 e. The Morgan fingerprint density at radius 1 is 1.09 bits per heavy atom. The highest BCUT2D eigenvalue weighted by atomic mass is 16.5. The number of amides is 2. The number of esters is 1. The van der Waals surface area contributed by atoms with E-state index in [0.717, 1.165) is 5.56 Å².